The minimum Gasteiger partial charge on any atom is -0.333 e. The quantitative estimate of drug-likeness (QED) is 0.820. The summed E-state index contributed by atoms with van der Waals surface area (Å²) in [7, 11) is 2.05. The average Bonchev–Trinajstić information content (AvgIpc) is 2.87. The number of hydrogen-bond donors (Lipinski definition) is 1. The largest absolute Gasteiger partial charge is 0.333 e. The van der Waals surface area contributed by atoms with Gasteiger partial charge in [-0.15, -0.1) is 0 Å². The van der Waals surface area contributed by atoms with Gasteiger partial charge in [-0.25, -0.2) is 4.79 Å². The van der Waals surface area contributed by atoms with Crippen LogP contribution in [0.1, 0.15) is 22.8 Å². The second kappa shape index (κ2) is 6.60. The van der Waals surface area contributed by atoms with E-state index in [4.69, 9.17) is 0 Å². The summed E-state index contributed by atoms with van der Waals surface area (Å²) in [6.07, 6.45) is 0. The van der Waals surface area contributed by atoms with Gasteiger partial charge < -0.3 is 15.1 Å². The van der Waals surface area contributed by atoms with Crippen molar-refractivity contribution in [3.63, 3.8) is 0 Å². The number of carbonyl (C=O) groups is 3. The van der Waals surface area contributed by atoms with Crippen LogP contribution in [0.3, 0.4) is 0 Å². The minimum atomic E-state index is -0.407. The number of imide groups is 1. The third kappa shape index (κ3) is 3.12. The molecule has 1 unspecified atom stereocenters. The van der Waals surface area contributed by atoms with Crippen LogP contribution in [-0.4, -0.2) is 71.8 Å². The predicted octanol–water partition coefficient (Wildman–Crippen LogP) is 0.515. The maximum atomic E-state index is 13.0. The van der Waals surface area contributed by atoms with Crippen molar-refractivity contribution in [2.24, 2.45) is 0 Å². The van der Waals surface area contributed by atoms with E-state index in [-0.39, 0.29) is 30.9 Å². The zero-order chi connectivity index (χ0) is 17.3. The summed E-state index contributed by atoms with van der Waals surface area (Å²) in [6, 6.07) is 6.91. The molecule has 0 spiro atoms. The Hall–Kier alpha value is -2.41. The number of carbonyl (C=O) groups excluding carboxylic acids is 3. The van der Waals surface area contributed by atoms with Crippen molar-refractivity contribution in [1.82, 2.24) is 20.0 Å². The number of hydrogen-bond acceptors (Lipinski definition) is 4. The van der Waals surface area contributed by atoms with Gasteiger partial charge >= 0.3 is 6.03 Å². The summed E-state index contributed by atoms with van der Waals surface area (Å²) in [5, 5.41) is 2.50. The Morgan fingerprint density at radius 2 is 2.00 bits per heavy atom. The van der Waals surface area contributed by atoms with Crippen LogP contribution in [-0.2, 0) is 11.3 Å². The van der Waals surface area contributed by atoms with Gasteiger partial charge in [0.05, 0.1) is 13.1 Å². The van der Waals surface area contributed by atoms with Gasteiger partial charge in [0.15, 0.2) is 0 Å². The Labute approximate surface area is 141 Å². The van der Waals surface area contributed by atoms with Crippen LogP contribution in [0.4, 0.5) is 4.79 Å². The fourth-order valence-corrected chi connectivity index (χ4v) is 3.25. The molecule has 1 N–H and O–H groups in total. The highest BCUT2D eigenvalue weighted by molar-refractivity contribution is 6.02. The molecule has 128 valence electrons. The highest BCUT2D eigenvalue weighted by atomic mass is 16.2. The molecule has 2 saturated heterocycles. The van der Waals surface area contributed by atoms with Crippen LogP contribution >= 0.6 is 0 Å². The maximum Gasteiger partial charge on any atom is 0.324 e. The summed E-state index contributed by atoms with van der Waals surface area (Å²) < 4.78 is 0. The molecule has 24 heavy (non-hydrogen) atoms. The van der Waals surface area contributed by atoms with E-state index in [2.05, 4.69) is 10.2 Å². The molecule has 3 rings (SSSR count). The molecule has 2 fully saturated rings. The molecule has 1 aromatic rings. The highest BCUT2D eigenvalue weighted by Gasteiger charge is 2.31. The molecule has 0 radical (unpaired) electrons. The van der Waals surface area contributed by atoms with E-state index < -0.39 is 6.03 Å². The lowest BCUT2D eigenvalue weighted by atomic mass is 10.0. The fourth-order valence-electron chi connectivity index (χ4n) is 3.25. The van der Waals surface area contributed by atoms with Crippen LogP contribution in [0.25, 0.3) is 0 Å². The standard InChI is InChI=1S/C17H22N4O3/c1-12-10-19(2)7-8-20(12)16(23)14-6-4-3-5-13(14)11-21-15(22)9-18-17(21)24/h3-6,12H,7-11H2,1-2H3,(H,18,24). The summed E-state index contributed by atoms with van der Waals surface area (Å²) in [5.74, 6) is -0.312. The van der Waals surface area contributed by atoms with Gasteiger partial charge in [-0.3, -0.25) is 14.5 Å². The van der Waals surface area contributed by atoms with E-state index in [1.165, 1.54) is 0 Å². The number of nitrogens with one attached hydrogen (secondary N) is 1. The van der Waals surface area contributed by atoms with Crippen molar-refractivity contribution >= 4 is 17.8 Å². The number of amides is 4. The molecule has 1 aromatic carbocycles. The van der Waals surface area contributed by atoms with Gasteiger partial charge in [-0.05, 0) is 25.6 Å². The van der Waals surface area contributed by atoms with Crippen LogP contribution < -0.4 is 5.32 Å². The number of piperazine rings is 1. The second-order valence-electron chi connectivity index (χ2n) is 6.41. The van der Waals surface area contributed by atoms with Gasteiger partial charge in [0, 0.05) is 31.2 Å². The number of nitrogens with zero attached hydrogens (tertiary/aromatic N) is 3. The first-order chi connectivity index (χ1) is 11.5. The molecule has 2 aliphatic rings. The summed E-state index contributed by atoms with van der Waals surface area (Å²) in [5.41, 5.74) is 1.25. The topological polar surface area (TPSA) is 73.0 Å². The van der Waals surface area contributed by atoms with Gasteiger partial charge in [0.25, 0.3) is 5.91 Å². The molecule has 0 bridgehead atoms. The highest BCUT2D eigenvalue weighted by Crippen LogP contribution is 2.19. The smallest absolute Gasteiger partial charge is 0.324 e. The lowest BCUT2D eigenvalue weighted by molar-refractivity contribution is -0.125. The van der Waals surface area contributed by atoms with E-state index in [1.807, 2.05) is 31.0 Å². The Morgan fingerprint density at radius 3 is 2.67 bits per heavy atom. The molecular weight excluding hydrogens is 308 g/mol. The number of urea groups is 1. The third-order valence-electron chi connectivity index (χ3n) is 4.60. The van der Waals surface area contributed by atoms with E-state index >= 15 is 0 Å². The SMILES string of the molecule is CC1CN(C)CCN1C(=O)c1ccccc1CN1C(=O)CNC1=O. The van der Waals surface area contributed by atoms with E-state index in [1.54, 1.807) is 12.1 Å². The molecule has 0 saturated carbocycles. The Balaban J connectivity index is 1.82. The van der Waals surface area contributed by atoms with Gasteiger partial charge in [-0.2, -0.15) is 0 Å². The van der Waals surface area contributed by atoms with Gasteiger partial charge in [0.2, 0.25) is 5.91 Å². The first kappa shape index (κ1) is 16.4. The van der Waals surface area contributed by atoms with E-state index in [0.717, 1.165) is 18.0 Å². The summed E-state index contributed by atoms with van der Waals surface area (Å²) in [4.78, 5) is 41.8. The first-order valence-corrected chi connectivity index (χ1v) is 8.13. The Kier molecular flexibility index (Phi) is 4.53. The van der Waals surface area contributed by atoms with Crippen LogP contribution in [0.2, 0.25) is 0 Å². The molecular formula is C17H22N4O3. The molecule has 0 aliphatic carbocycles. The number of likely N-dealkylation sites (N-methyl/N-ethyl adjacent to an activating group) is 1. The first-order valence-electron chi connectivity index (χ1n) is 8.13. The van der Waals surface area contributed by atoms with Crippen LogP contribution in [0, 0.1) is 0 Å². The molecule has 4 amide bonds. The average molecular weight is 330 g/mol. The predicted molar refractivity (Wildman–Crippen MR) is 88.4 cm³/mol. The number of rotatable bonds is 3. The van der Waals surface area contributed by atoms with E-state index in [9.17, 15) is 14.4 Å². The molecule has 7 heteroatoms. The van der Waals surface area contributed by atoms with Crippen molar-refractivity contribution in [3.05, 3.63) is 35.4 Å². The molecule has 0 aromatic heterocycles. The van der Waals surface area contributed by atoms with Crippen LogP contribution in [0.15, 0.2) is 24.3 Å². The second-order valence-corrected chi connectivity index (χ2v) is 6.41. The van der Waals surface area contributed by atoms with Crippen molar-refractivity contribution < 1.29 is 14.4 Å². The monoisotopic (exact) mass is 330 g/mol. The Morgan fingerprint density at radius 1 is 1.25 bits per heavy atom. The fraction of sp³-hybridized carbons (Fsp3) is 0.471. The van der Waals surface area contributed by atoms with Gasteiger partial charge in [-0.1, -0.05) is 18.2 Å². The zero-order valence-electron chi connectivity index (χ0n) is 14.0. The van der Waals surface area contributed by atoms with E-state index in [0.29, 0.717) is 17.7 Å². The van der Waals surface area contributed by atoms with Crippen LogP contribution in [0.5, 0.6) is 0 Å². The summed E-state index contributed by atoms with van der Waals surface area (Å²) in [6.45, 7) is 4.52. The molecule has 7 nitrogen and oxygen atoms in total. The lowest BCUT2D eigenvalue weighted by Gasteiger charge is -2.38. The van der Waals surface area contributed by atoms with Crippen molar-refractivity contribution in [3.8, 4) is 0 Å². The van der Waals surface area contributed by atoms with Crippen molar-refractivity contribution in [1.29, 1.82) is 0 Å². The minimum absolute atomic E-state index is 0.0183. The zero-order valence-corrected chi connectivity index (χ0v) is 14.0. The maximum absolute atomic E-state index is 13.0. The summed E-state index contributed by atoms with van der Waals surface area (Å²) >= 11 is 0. The van der Waals surface area contributed by atoms with Crippen molar-refractivity contribution in [2.45, 2.75) is 19.5 Å². The van der Waals surface area contributed by atoms with Crippen molar-refractivity contribution in [2.75, 3.05) is 33.2 Å². The molecule has 2 heterocycles. The third-order valence-corrected chi connectivity index (χ3v) is 4.60. The normalized spacial score (nSPS) is 22.0. The lowest BCUT2D eigenvalue weighted by Crippen LogP contribution is -2.52. The molecule has 1 atom stereocenters. The van der Waals surface area contributed by atoms with Gasteiger partial charge in [0.1, 0.15) is 0 Å². The Bertz CT molecular complexity index is 660. The molecule has 2 aliphatic heterocycles. The number of benzene rings is 1.